The van der Waals surface area contributed by atoms with Crippen molar-refractivity contribution >= 4 is 22.5 Å². The first-order chi connectivity index (χ1) is 11.0. The summed E-state index contributed by atoms with van der Waals surface area (Å²) in [5.74, 6) is 1.10. The molecule has 0 radical (unpaired) electrons. The Labute approximate surface area is 133 Å². The smallest absolute Gasteiger partial charge is 0.221 e. The molecule has 1 N–H and O–H groups in total. The lowest BCUT2D eigenvalue weighted by molar-refractivity contribution is -0.114. The van der Waals surface area contributed by atoms with Crippen LogP contribution in [0.15, 0.2) is 28.8 Å². The number of nitrogens with zero attached hydrogens (tertiary/aromatic N) is 2. The van der Waals surface area contributed by atoms with Gasteiger partial charge < -0.3 is 14.6 Å². The van der Waals surface area contributed by atoms with E-state index in [9.17, 15) is 4.79 Å². The fourth-order valence-electron chi connectivity index (χ4n) is 2.58. The molecule has 118 valence electrons. The Kier molecular flexibility index (Phi) is 3.73. The van der Waals surface area contributed by atoms with Gasteiger partial charge in [-0.15, -0.1) is 0 Å². The summed E-state index contributed by atoms with van der Waals surface area (Å²) in [7, 11) is 1.59. The van der Waals surface area contributed by atoms with Crippen LogP contribution in [0.25, 0.3) is 22.4 Å². The molecule has 0 bridgehead atoms. The number of amides is 1. The van der Waals surface area contributed by atoms with Gasteiger partial charge in [0.25, 0.3) is 0 Å². The van der Waals surface area contributed by atoms with Gasteiger partial charge in [0.05, 0.1) is 18.5 Å². The molecule has 0 spiro atoms. The van der Waals surface area contributed by atoms with E-state index in [-0.39, 0.29) is 5.91 Å². The van der Waals surface area contributed by atoms with Gasteiger partial charge in [0.2, 0.25) is 5.91 Å². The number of ether oxygens (including phenoxy) is 1. The van der Waals surface area contributed by atoms with Gasteiger partial charge in [-0.05, 0) is 37.6 Å². The van der Waals surface area contributed by atoms with E-state index in [2.05, 4.69) is 15.5 Å². The lowest BCUT2D eigenvalue weighted by Gasteiger charge is -2.13. The summed E-state index contributed by atoms with van der Waals surface area (Å²) >= 11 is 0. The minimum atomic E-state index is -0.134. The van der Waals surface area contributed by atoms with Crippen LogP contribution in [0.5, 0.6) is 5.75 Å². The Morgan fingerprint density at radius 2 is 2.04 bits per heavy atom. The summed E-state index contributed by atoms with van der Waals surface area (Å²) < 4.78 is 10.7. The summed E-state index contributed by atoms with van der Waals surface area (Å²) in [5, 5.41) is 7.58. The quantitative estimate of drug-likeness (QED) is 0.801. The monoisotopic (exact) mass is 311 g/mol. The number of pyridine rings is 1. The van der Waals surface area contributed by atoms with Crippen molar-refractivity contribution in [2.45, 2.75) is 20.8 Å². The van der Waals surface area contributed by atoms with Crippen LogP contribution in [-0.2, 0) is 4.79 Å². The molecule has 0 fully saturated rings. The molecule has 0 unspecified atom stereocenters. The molecule has 6 nitrogen and oxygen atoms in total. The number of carbonyl (C=O) groups excluding carboxylic acids is 1. The highest BCUT2D eigenvalue weighted by atomic mass is 16.5. The molecule has 0 aliphatic heterocycles. The second-order valence-electron chi connectivity index (χ2n) is 5.38. The molecule has 0 aliphatic rings. The third-order valence-electron chi connectivity index (χ3n) is 3.53. The Bertz CT molecular complexity index is 899. The molecule has 3 rings (SSSR count). The maximum atomic E-state index is 11.4. The molecular weight excluding hydrogens is 294 g/mol. The molecule has 1 amide bonds. The van der Waals surface area contributed by atoms with Gasteiger partial charge in [-0.3, -0.25) is 4.79 Å². The van der Waals surface area contributed by atoms with Crippen LogP contribution in [0, 0.1) is 13.8 Å². The Balaban J connectivity index is 2.28. The molecule has 0 atom stereocenters. The highest BCUT2D eigenvalue weighted by molar-refractivity contribution is 6.04. The van der Waals surface area contributed by atoms with Crippen molar-refractivity contribution in [1.29, 1.82) is 0 Å². The van der Waals surface area contributed by atoms with Gasteiger partial charge >= 0.3 is 0 Å². The van der Waals surface area contributed by atoms with E-state index < -0.39 is 0 Å². The number of methoxy groups -OCH3 is 1. The number of hydrogen-bond donors (Lipinski definition) is 1. The SMILES string of the molecule is COc1ccc(NC(C)=O)c2c(C)cc(-c3cc(C)no3)nc12. The maximum absolute atomic E-state index is 11.4. The topological polar surface area (TPSA) is 77.2 Å². The van der Waals surface area contributed by atoms with Crippen molar-refractivity contribution in [1.82, 2.24) is 10.1 Å². The average Bonchev–Trinajstić information content (AvgIpc) is 2.93. The molecule has 0 saturated carbocycles. The third-order valence-corrected chi connectivity index (χ3v) is 3.53. The highest BCUT2D eigenvalue weighted by Gasteiger charge is 2.15. The number of aromatic nitrogens is 2. The molecule has 0 aliphatic carbocycles. The number of hydrogen-bond acceptors (Lipinski definition) is 5. The minimum Gasteiger partial charge on any atom is -0.494 e. The van der Waals surface area contributed by atoms with Gasteiger partial charge in [0.1, 0.15) is 17.0 Å². The van der Waals surface area contributed by atoms with Crippen molar-refractivity contribution in [3.05, 3.63) is 35.5 Å². The second-order valence-corrected chi connectivity index (χ2v) is 5.38. The Hall–Kier alpha value is -2.89. The lowest BCUT2D eigenvalue weighted by Crippen LogP contribution is -2.07. The number of carbonyl (C=O) groups is 1. The fourth-order valence-corrected chi connectivity index (χ4v) is 2.58. The van der Waals surface area contributed by atoms with Crippen LogP contribution in [0.1, 0.15) is 18.2 Å². The minimum absolute atomic E-state index is 0.134. The van der Waals surface area contributed by atoms with E-state index in [1.165, 1.54) is 6.92 Å². The zero-order chi connectivity index (χ0) is 16.6. The number of nitrogens with one attached hydrogen (secondary N) is 1. The molecule has 2 aromatic heterocycles. The number of fused-ring (bicyclic) bond motifs is 1. The highest BCUT2D eigenvalue weighted by Crippen LogP contribution is 2.35. The van der Waals surface area contributed by atoms with Crippen LogP contribution in [0.4, 0.5) is 5.69 Å². The molecule has 1 aromatic carbocycles. The molecule has 0 saturated heterocycles. The van der Waals surface area contributed by atoms with E-state index in [0.717, 1.165) is 16.6 Å². The molecule has 3 aromatic rings. The standard InChI is InChI=1S/C17H17N3O3/c1-9-7-13(15-8-10(2)20-23-15)19-17-14(22-4)6-5-12(16(9)17)18-11(3)21/h5-8H,1-4H3,(H,18,21). The summed E-state index contributed by atoms with van der Waals surface area (Å²) in [6, 6.07) is 7.34. The second kappa shape index (κ2) is 5.72. The first-order valence-corrected chi connectivity index (χ1v) is 7.19. The number of aryl methyl sites for hydroxylation is 2. The largest absolute Gasteiger partial charge is 0.494 e. The van der Waals surface area contributed by atoms with Crippen molar-refractivity contribution < 1.29 is 14.1 Å². The van der Waals surface area contributed by atoms with Crippen molar-refractivity contribution in [3.63, 3.8) is 0 Å². The predicted molar refractivity (Wildman–Crippen MR) is 87.6 cm³/mol. The van der Waals surface area contributed by atoms with Crippen LogP contribution in [-0.4, -0.2) is 23.2 Å². The molecular formula is C17H17N3O3. The van der Waals surface area contributed by atoms with Crippen molar-refractivity contribution in [2.24, 2.45) is 0 Å². The van der Waals surface area contributed by atoms with Gasteiger partial charge in [-0.1, -0.05) is 5.16 Å². The Morgan fingerprint density at radius 3 is 2.65 bits per heavy atom. The lowest BCUT2D eigenvalue weighted by atomic mass is 10.0. The third kappa shape index (κ3) is 2.75. The molecule has 6 heteroatoms. The number of rotatable bonds is 3. The first-order valence-electron chi connectivity index (χ1n) is 7.19. The van der Waals surface area contributed by atoms with Gasteiger partial charge in [-0.2, -0.15) is 0 Å². The summed E-state index contributed by atoms with van der Waals surface area (Å²) in [4.78, 5) is 16.1. The van der Waals surface area contributed by atoms with Gasteiger partial charge in [0, 0.05) is 18.4 Å². The average molecular weight is 311 g/mol. The number of benzene rings is 1. The van der Waals surface area contributed by atoms with Crippen LogP contribution < -0.4 is 10.1 Å². The zero-order valence-corrected chi connectivity index (χ0v) is 13.4. The fraction of sp³-hybridized carbons (Fsp3) is 0.235. The predicted octanol–water partition coefficient (Wildman–Crippen LogP) is 3.47. The van der Waals surface area contributed by atoms with Crippen molar-refractivity contribution in [3.8, 4) is 17.2 Å². The molecule has 23 heavy (non-hydrogen) atoms. The van der Waals surface area contributed by atoms with Crippen LogP contribution in [0.3, 0.4) is 0 Å². The number of anilines is 1. The van der Waals surface area contributed by atoms with E-state index in [4.69, 9.17) is 9.26 Å². The van der Waals surface area contributed by atoms with E-state index in [1.807, 2.05) is 32.0 Å². The first kappa shape index (κ1) is 15.0. The summed E-state index contributed by atoms with van der Waals surface area (Å²) in [6.45, 7) is 5.29. The summed E-state index contributed by atoms with van der Waals surface area (Å²) in [5.41, 5.74) is 3.80. The molecule has 2 heterocycles. The van der Waals surface area contributed by atoms with Crippen LogP contribution >= 0.6 is 0 Å². The van der Waals surface area contributed by atoms with Crippen LogP contribution in [0.2, 0.25) is 0 Å². The summed E-state index contributed by atoms with van der Waals surface area (Å²) in [6.07, 6.45) is 0. The van der Waals surface area contributed by atoms with E-state index in [1.54, 1.807) is 13.2 Å². The normalized spacial score (nSPS) is 10.8. The van der Waals surface area contributed by atoms with Gasteiger partial charge in [0.15, 0.2) is 5.76 Å². The van der Waals surface area contributed by atoms with Crippen molar-refractivity contribution in [2.75, 3.05) is 12.4 Å². The Morgan fingerprint density at radius 1 is 1.26 bits per heavy atom. The van der Waals surface area contributed by atoms with Gasteiger partial charge in [-0.25, -0.2) is 4.98 Å². The van der Waals surface area contributed by atoms with E-state index in [0.29, 0.717) is 28.4 Å². The maximum Gasteiger partial charge on any atom is 0.221 e. The van der Waals surface area contributed by atoms with E-state index >= 15 is 0 Å². The zero-order valence-electron chi connectivity index (χ0n) is 13.4.